The van der Waals surface area contributed by atoms with Crippen LogP contribution >= 0.6 is 15.9 Å². The first-order chi connectivity index (χ1) is 9.58. The molecule has 0 aromatic carbocycles. The maximum Gasteiger partial charge on any atom is 0.255 e. The van der Waals surface area contributed by atoms with Crippen molar-refractivity contribution in [3.8, 4) is 0 Å². The van der Waals surface area contributed by atoms with Crippen LogP contribution in [0.3, 0.4) is 0 Å². The molecular formula is C12H18BrN5O2. The minimum absolute atomic E-state index is 0.0864. The van der Waals surface area contributed by atoms with Crippen molar-refractivity contribution in [2.24, 2.45) is 5.84 Å². The Labute approximate surface area is 125 Å². The summed E-state index contributed by atoms with van der Waals surface area (Å²) in [6.45, 7) is 2.87. The molecule has 1 aromatic rings. The van der Waals surface area contributed by atoms with Gasteiger partial charge in [-0.3, -0.25) is 9.59 Å². The molecule has 0 aliphatic rings. The minimum atomic E-state index is -0.338. The highest BCUT2D eigenvalue weighted by Crippen LogP contribution is 2.16. The second-order valence-corrected chi connectivity index (χ2v) is 4.97. The molecule has 0 aliphatic heterocycles. The number of carbonyl (C=O) groups is 2. The SMILES string of the molecule is CCCNC(=O)CCNC(=O)c1cc(Br)cnc1NN. The lowest BCUT2D eigenvalue weighted by atomic mass is 10.2. The lowest BCUT2D eigenvalue weighted by Gasteiger charge is -2.09. The van der Waals surface area contributed by atoms with Crippen LogP contribution in [0.1, 0.15) is 30.1 Å². The van der Waals surface area contributed by atoms with Crippen molar-refractivity contribution in [2.75, 3.05) is 18.5 Å². The summed E-state index contributed by atoms with van der Waals surface area (Å²) in [6.07, 6.45) is 2.65. The monoisotopic (exact) mass is 343 g/mol. The molecule has 110 valence electrons. The van der Waals surface area contributed by atoms with Crippen LogP contribution in [0.2, 0.25) is 0 Å². The van der Waals surface area contributed by atoms with Crippen molar-refractivity contribution >= 4 is 33.6 Å². The summed E-state index contributed by atoms with van der Waals surface area (Å²) in [5, 5.41) is 5.39. The highest BCUT2D eigenvalue weighted by atomic mass is 79.9. The van der Waals surface area contributed by atoms with Gasteiger partial charge in [0.15, 0.2) is 5.82 Å². The van der Waals surface area contributed by atoms with Gasteiger partial charge in [0, 0.05) is 30.2 Å². The number of hydrogen-bond donors (Lipinski definition) is 4. The van der Waals surface area contributed by atoms with Gasteiger partial charge in [0.1, 0.15) is 0 Å². The quantitative estimate of drug-likeness (QED) is 0.432. The number of nitrogen functional groups attached to an aromatic ring is 1. The number of nitrogens with zero attached hydrogens (tertiary/aromatic N) is 1. The Hall–Kier alpha value is -1.67. The Morgan fingerprint density at radius 1 is 1.35 bits per heavy atom. The van der Waals surface area contributed by atoms with E-state index in [9.17, 15) is 9.59 Å². The van der Waals surface area contributed by atoms with Gasteiger partial charge in [-0.2, -0.15) is 0 Å². The summed E-state index contributed by atoms with van der Waals surface area (Å²) in [5.41, 5.74) is 2.67. The van der Waals surface area contributed by atoms with Crippen molar-refractivity contribution in [3.63, 3.8) is 0 Å². The summed E-state index contributed by atoms with van der Waals surface area (Å²) in [7, 11) is 0. The van der Waals surface area contributed by atoms with E-state index in [1.165, 1.54) is 6.20 Å². The largest absolute Gasteiger partial charge is 0.356 e. The zero-order chi connectivity index (χ0) is 15.0. The molecule has 0 spiro atoms. The number of rotatable bonds is 7. The number of pyridine rings is 1. The molecule has 1 aromatic heterocycles. The third-order valence-electron chi connectivity index (χ3n) is 2.45. The van der Waals surface area contributed by atoms with Gasteiger partial charge in [0.25, 0.3) is 5.91 Å². The van der Waals surface area contributed by atoms with Gasteiger partial charge >= 0.3 is 0 Å². The van der Waals surface area contributed by atoms with Crippen LogP contribution in [0, 0.1) is 0 Å². The molecule has 0 unspecified atom stereocenters. The summed E-state index contributed by atoms with van der Waals surface area (Å²) in [5.74, 6) is 5.15. The Morgan fingerprint density at radius 2 is 2.10 bits per heavy atom. The fraction of sp³-hybridized carbons (Fsp3) is 0.417. The molecular weight excluding hydrogens is 326 g/mol. The topological polar surface area (TPSA) is 109 Å². The number of hydrazine groups is 1. The van der Waals surface area contributed by atoms with Gasteiger partial charge in [-0.25, -0.2) is 10.8 Å². The number of nitrogens with two attached hydrogens (primary N) is 1. The van der Waals surface area contributed by atoms with Crippen LogP contribution in [0.15, 0.2) is 16.7 Å². The Balaban J connectivity index is 2.51. The van der Waals surface area contributed by atoms with Crippen LogP contribution in [-0.2, 0) is 4.79 Å². The molecule has 20 heavy (non-hydrogen) atoms. The van der Waals surface area contributed by atoms with Crippen molar-refractivity contribution in [1.82, 2.24) is 15.6 Å². The normalized spacial score (nSPS) is 9.95. The molecule has 0 radical (unpaired) electrons. The van der Waals surface area contributed by atoms with Gasteiger partial charge in [0.05, 0.1) is 5.56 Å². The predicted molar refractivity (Wildman–Crippen MR) is 80.0 cm³/mol. The number of amides is 2. The first kappa shape index (κ1) is 16.4. The molecule has 0 saturated heterocycles. The summed E-state index contributed by atoms with van der Waals surface area (Å²) >= 11 is 3.24. The van der Waals surface area contributed by atoms with Gasteiger partial charge < -0.3 is 16.1 Å². The average molecular weight is 344 g/mol. The van der Waals surface area contributed by atoms with E-state index in [0.717, 1.165) is 6.42 Å². The van der Waals surface area contributed by atoms with Crippen LogP contribution in [0.25, 0.3) is 0 Å². The molecule has 0 atom stereocenters. The highest BCUT2D eigenvalue weighted by Gasteiger charge is 2.13. The van der Waals surface area contributed by atoms with Gasteiger partial charge in [-0.05, 0) is 28.4 Å². The molecule has 0 aliphatic carbocycles. The Bertz CT molecular complexity index is 481. The zero-order valence-corrected chi connectivity index (χ0v) is 12.8. The molecule has 8 heteroatoms. The maximum atomic E-state index is 12.0. The summed E-state index contributed by atoms with van der Waals surface area (Å²) < 4.78 is 0.669. The lowest BCUT2D eigenvalue weighted by molar-refractivity contribution is -0.120. The van der Waals surface area contributed by atoms with Gasteiger partial charge in [0.2, 0.25) is 5.91 Å². The average Bonchev–Trinajstić information content (AvgIpc) is 2.44. The number of hydrogen-bond acceptors (Lipinski definition) is 5. The smallest absolute Gasteiger partial charge is 0.255 e. The number of nitrogens with one attached hydrogen (secondary N) is 3. The maximum absolute atomic E-state index is 12.0. The molecule has 1 heterocycles. The van der Waals surface area contributed by atoms with E-state index >= 15 is 0 Å². The molecule has 0 bridgehead atoms. The molecule has 7 nitrogen and oxygen atoms in total. The van der Waals surface area contributed by atoms with Crippen molar-refractivity contribution < 1.29 is 9.59 Å². The number of aromatic nitrogens is 1. The van der Waals surface area contributed by atoms with Crippen molar-refractivity contribution in [3.05, 3.63) is 22.3 Å². The van der Waals surface area contributed by atoms with Gasteiger partial charge in [-0.15, -0.1) is 0 Å². The van der Waals surface area contributed by atoms with E-state index < -0.39 is 0 Å². The predicted octanol–water partition coefficient (Wildman–Crippen LogP) is 0.776. The van der Waals surface area contributed by atoms with Crippen LogP contribution in [0.5, 0.6) is 0 Å². The van der Waals surface area contributed by atoms with E-state index in [1.54, 1.807) is 6.07 Å². The summed E-state index contributed by atoms with van der Waals surface area (Å²) in [4.78, 5) is 27.3. The molecule has 1 rings (SSSR count). The minimum Gasteiger partial charge on any atom is -0.356 e. The number of carbonyl (C=O) groups excluding carboxylic acids is 2. The van der Waals surface area contributed by atoms with E-state index in [4.69, 9.17) is 5.84 Å². The van der Waals surface area contributed by atoms with Crippen LogP contribution in [0.4, 0.5) is 5.82 Å². The van der Waals surface area contributed by atoms with Gasteiger partial charge in [-0.1, -0.05) is 6.92 Å². The summed E-state index contributed by atoms with van der Waals surface area (Å²) in [6, 6.07) is 1.61. The van der Waals surface area contributed by atoms with E-state index in [0.29, 0.717) is 16.6 Å². The van der Waals surface area contributed by atoms with Crippen molar-refractivity contribution in [1.29, 1.82) is 0 Å². The zero-order valence-electron chi connectivity index (χ0n) is 11.2. The second-order valence-electron chi connectivity index (χ2n) is 4.05. The molecule has 2 amide bonds. The molecule has 0 saturated carbocycles. The third-order valence-corrected chi connectivity index (χ3v) is 2.88. The highest BCUT2D eigenvalue weighted by molar-refractivity contribution is 9.10. The fourth-order valence-electron chi connectivity index (χ4n) is 1.46. The van der Waals surface area contributed by atoms with Crippen LogP contribution < -0.4 is 21.9 Å². The second kappa shape index (κ2) is 8.49. The number of anilines is 1. The number of halogens is 1. The first-order valence-electron chi connectivity index (χ1n) is 6.25. The molecule has 5 N–H and O–H groups in total. The fourth-order valence-corrected chi connectivity index (χ4v) is 1.80. The van der Waals surface area contributed by atoms with E-state index in [1.807, 2.05) is 6.92 Å². The first-order valence-corrected chi connectivity index (χ1v) is 7.04. The molecule has 0 fully saturated rings. The van der Waals surface area contributed by atoms with E-state index in [-0.39, 0.29) is 30.6 Å². The van der Waals surface area contributed by atoms with E-state index in [2.05, 4.69) is 37.0 Å². The van der Waals surface area contributed by atoms with Crippen LogP contribution in [-0.4, -0.2) is 29.9 Å². The standard InChI is InChI=1S/C12H18BrN5O2/c1-2-4-15-10(19)3-5-16-12(20)9-6-8(13)7-17-11(9)18-14/h6-7H,2-5,14H2,1H3,(H,15,19)(H,16,20)(H,17,18). The Morgan fingerprint density at radius 3 is 2.75 bits per heavy atom. The third kappa shape index (κ3) is 5.14. The Kier molecular flexibility index (Phi) is 6.96. The van der Waals surface area contributed by atoms with Crippen molar-refractivity contribution in [2.45, 2.75) is 19.8 Å². The lowest BCUT2D eigenvalue weighted by Crippen LogP contribution is -2.31.